The van der Waals surface area contributed by atoms with Crippen LogP contribution in [0.25, 0.3) is 0 Å². The maximum absolute atomic E-state index is 11.5. The van der Waals surface area contributed by atoms with Crippen LogP contribution < -0.4 is 5.73 Å². The van der Waals surface area contributed by atoms with Crippen LogP contribution in [0, 0.1) is 0 Å². The Hall–Kier alpha value is -0.870. The molecular weight excluding hydrogens is 276 g/mol. The highest BCUT2D eigenvalue weighted by Crippen LogP contribution is 2.07. The van der Waals surface area contributed by atoms with Gasteiger partial charge < -0.3 is 15.4 Å². The summed E-state index contributed by atoms with van der Waals surface area (Å²) in [6.07, 6.45) is 12.3. The van der Waals surface area contributed by atoms with E-state index in [0.717, 1.165) is 45.3 Å². The fourth-order valence-electron chi connectivity index (χ4n) is 2.33. The Labute approximate surface area is 137 Å². The number of nitrogens with two attached hydrogens (primary N) is 1. The van der Waals surface area contributed by atoms with Crippen molar-refractivity contribution in [1.82, 2.24) is 4.90 Å². The average Bonchev–Trinajstić information content (AvgIpc) is 2.53. The Morgan fingerprint density at radius 1 is 1.00 bits per heavy atom. The van der Waals surface area contributed by atoms with Gasteiger partial charge in [-0.05, 0) is 51.9 Å². The number of ether oxygens (including phenoxy) is 1. The molecule has 0 unspecified atom stereocenters. The molecule has 0 aliphatic rings. The molecule has 22 heavy (non-hydrogen) atoms. The molecule has 0 fully saturated rings. The lowest BCUT2D eigenvalue weighted by molar-refractivity contribution is -0.142. The van der Waals surface area contributed by atoms with Gasteiger partial charge in [-0.25, -0.2) is 0 Å². The minimum absolute atomic E-state index is 0.0697. The van der Waals surface area contributed by atoms with E-state index in [2.05, 4.69) is 18.7 Å². The van der Waals surface area contributed by atoms with Gasteiger partial charge in [0.05, 0.1) is 0 Å². The van der Waals surface area contributed by atoms with E-state index in [1.165, 1.54) is 25.8 Å². The van der Waals surface area contributed by atoms with Crippen LogP contribution in [0.5, 0.6) is 0 Å². The molecule has 0 saturated carbocycles. The first-order valence-corrected chi connectivity index (χ1v) is 8.97. The fourth-order valence-corrected chi connectivity index (χ4v) is 2.33. The standard InChI is InChI=1S/C18H36N2O2/c1-3-5-11-17-22-18(21)13-9-7-6-8-10-15-20(4-2)16-12-14-19/h5,11H,3-4,6-10,12-17,19H2,1-2H3/b11-5-. The minimum Gasteiger partial charge on any atom is -0.461 e. The highest BCUT2D eigenvalue weighted by molar-refractivity contribution is 5.69. The molecule has 4 heteroatoms. The smallest absolute Gasteiger partial charge is 0.306 e. The molecule has 0 rings (SSSR count). The summed E-state index contributed by atoms with van der Waals surface area (Å²) in [5, 5.41) is 0. The summed E-state index contributed by atoms with van der Waals surface area (Å²) in [6.45, 7) is 8.86. The van der Waals surface area contributed by atoms with Crippen molar-refractivity contribution < 1.29 is 9.53 Å². The van der Waals surface area contributed by atoms with E-state index < -0.39 is 0 Å². The van der Waals surface area contributed by atoms with Crippen molar-refractivity contribution in [3.63, 3.8) is 0 Å². The summed E-state index contributed by atoms with van der Waals surface area (Å²) in [4.78, 5) is 13.9. The van der Waals surface area contributed by atoms with Gasteiger partial charge in [0.15, 0.2) is 0 Å². The van der Waals surface area contributed by atoms with Crippen LogP contribution in [-0.4, -0.2) is 43.7 Å². The molecule has 0 bridgehead atoms. The van der Waals surface area contributed by atoms with Crippen LogP contribution in [-0.2, 0) is 9.53 Å². The van der Waals surface area contributed by atoms with Crippen LogP contribution in [0.15, 0.2) is 12.2 Å². The lowest BCUT2D eigenvalue weighted by Crippen LogP contribution is -2.27. The zero-order valence-corrected chi connectivity index (χ0v) is 14.7. The Kier molecular flexibility index (Phi) is 15.8. The number of rotatable bonds is 15. The molecule has 130 valence electrons. The molecule has 4 nitrogen and oxygen atoms in total. The molecule has 0 atom stereocenters. The molecule has 0 spiro atoms. The first kappa shape index (κ1) is 21.1. The number of nitrogens with zero attached hydrogens (tertiary/aromatic N) is 1. The van der Waals surface area contributed by atoms with Crippen molar-refractivity contribution in [3.8, 4) is 0 Å². The predicted octanol–water partition coefficient (Wildman–Crippen LogP) is 3.51. The second-order valence-electron chi connectivity index (χ2n) is 5.66. The minimum atomic E-state index is -0.0697. The van der Waals surface area contributed by atoms with E-state index in [-0.39, 0.29) is 5.97 Å². The third kappa shape index (κ3) is 14.1. The number of carbonyl (C=O) groups excluding carboxylic acids is 1. The van der Waals surface area contributed by atoms with Crippen molar-refractivity contribution in [2.75, 3.05) is 32.8 Å². The monoisotopic (exact) mass is 312 g/mol. The van der Waals surface area contributed by atoms with Crippen LogP contribution in [0.2, 0.25) is 0 Å². The van der Waals surface area contributed by atoms with Crippen LogP contribution >= 0.6 is 0 Å². The predicted molar refractivity (Wildman–Crippen MR) is 93.9 cm³/mol. The fraction of sp³-hybridized carbons (Fsp3) is 0.833. The van der Waals surface area contributed by atoms with E-state index in [1.54, 1.807) is 0 Å². The zero-order chi connectivity index (χ0) is 16.5. The average molecular weight is 312 g/mol. The highest BCUT2D eigenvalue weighted by atomic mass is 16.5. The SMILES string of the molecule is CC/C=C\COC(=O)CCCCCCCN(CC)CCCN. The summed E-state index contributed by atoms with van der Waals surface area (Å²) < 4.78 is 5.11. The molecule has 2 N–H and O–H groups in total. The van der Waals surface area contributed by atoms with E-state index in [4.69, 9.17) is 10.5 Å². The van der Waals surface area contributed by atoms with Gasteiger partial charge >= 0.3 is 5.97 Å². The second-order valence-corrected chi connectivity index (χ2v) is 5.66. The van der Waals surface area contributed by atoms with Gasteiger partial charge in [-0.3, -0.25) is 4.79 Å². The topological polar surface area (TPSA) is 55.6 Å². The van der Waals surface area contributed by atoms with Gasteiger partial charge in [0.25, 0.3) is 0 Å². The number of allylic oxidation sites excluding steroid dienone is 1. The molecule has 0 radical (unpaired) electrons. The molecule has 0 aromatic carbocycles. The quantitative estimate of drug-likeness (QED) is 0.286. The molecule has 0 aromatic rings. The van der Waals surface area contributed by atoms with Crippen molar-refractivity contribution in [3.05, 3.63) is 12.2 Å². The van der Waals surface area contributed by atoms with Gasteiger partial charge in [0.1, 0.15) is 6.61 Å². The molecule has 0 aliphatic carbocycles. The Morgan fingerprint density at radius 3 is 2.36 bits per heavy atom. The molecule has 0 heterocycles. The summed E-state index contributed by atoms with van der Waals surface area (Å²) in [5.41, 5.74) is 5.54. The first-order valence-electron chi connectivity index (χ1n) is 8.97. The number of esters is 1. The third-order valence-corrected chi connectivity index (χ3v) is 3.72. The van der Waals surface area contributed by atoms with Gasteiger partial charge in [-0.1, -0.05) is 45.3 Å². The number of hydrogen-bond acceptors (Lipinski definition) is 4. The van der Waals surface area contributed by atoms with Crippen molar-refractivity contribution in [1.29, 1.82) is 0 Å². The molecule has 0 aromatic heterocycles. The normalized spacial score (nSPS) is 11.5. The van der Waals surface area contributed by atoms with E-state index >= 15 is 0 Å². The highest BCUT2D eigenvalue weighted by Gasteiger charge is 2.03. The number of carbonyl (C=O) groups is 1. The first-order chi connectivity index (χ1) is 10.7. The van der Waals surface area contributed by atoms with Gasteiger partial charge in [-0.2, -0.15) is 0 Å². The second kappa shape index (κ2) is 16.5. The Morgan fingerprint density at radius 2 is 1.68 bits per heavy atom. The van der Waals surface area contributed by atoms with E-state index in [1.807, 2.05) is 12.2 Å². The van der Waals surface area contributed by atoms with Gasteiger partial charge in [0, 0.05) is 6.42 Å². The van der Waals surface area contributed by atoms with Crippen molar-refractivity contribution >= 4 is 5.97 Å². The van der Waals surface area contributed by atoms with E-state index in [0.29, 0.717) is 13.0 Å². The Balaban J connectivity index is 3.38. The third-order valence-electron chi connectivity index (χ3n) is 3.72. The molecule has 0 amide bonds. The molecule has 0 saturated heterocycles. The summed E-state index contributed by atoms with van der Waals surface area (Å²) in [5.74, 6) is -0.0697. The summed E-state index contributed by atoms with van der Waals surface area (Å²) >= 11 is 0. The maximum atomic E-state index is 11.5. The maximum Gasteiger partial charge on any atom is 0.306 e. The zero-order valence-electron chi connectivity index (χ0n) is 14.7. The van der Waals surface area contributed by atoms with E-state index in [9.17, 15) is 4.79 Å². The number of unbranched alkanes of at least 4 members (excludes halogenated alkanes) is 4. The lowest BCUT2D eigenvalue weighted by Gasteiger charge is -2.19. The van der Waals surface area contributed by atoms with Crippen molar-refractivity contribution in [2.24, 2.45) is 5.73 Å². The molecular formula is C18H36N2O2. The van der Waals surface area contributed by atoms with Crippen LogP contribution in [0.4, 0.5) is 0 Å². The number of hydrogen-bond donors (Lipinski definition) is 1. The van der Waals surface area contributed by atoms with Crippen LogP contribution in [0.1, 0.15) is 65.2 Å². The largest absolute Gasteiger partial charge is 0.461 e. The Bertz CT molecular complexity index is 280. The van der Waals surface area contributed by atoms with Crippen molar-refractivity contribution in [2.45, 2.75) is 65.2 Å². The summed E-state index contributed by atoms with van der Waals surface area (Å²) in [7, 11) is 0. The summed E-state index contributed by atoms with van der Waals surface area (Å²) in [6, 6.07) is 0. The van der Waals surface area contributed by atoms with Gasteiger partial charge in [-0.15, -0.1) is 0 Å². The lowest BCUT2D eigenvalue weighted by atomic mass is 10.1. The molecule has 0 aliphatic heterocycles. The van der Waals surface area contributed by atoms with Gasteiger partial charge in [0.2, 0.25) is 0 Å². The van der Waals surface area contributed by atoms with Crippen LogP contribution in [0.3, 0.4) is 0 Å².